The fourth-order valence-electron chi connectivity index (χ4n) is 3.98. The first kappa shape index (κ1) is 14.7. The molecule has 1 N–H and O–H groups in total. The number of nitrogens with zero attached hydrogens (tertiary/aromatic N) is 1. The summed E-state index contributed by atoms with van der Waals surface area (Å²) in [6, 6.07) is 4.12. The molecule has 1 aromatic rings. The van der Waals surface area contributed by atoms with Gasteiger partial charge in [0.1, 0.15) is 5.78 Å². The van der Waals surface area contributed by atoms with Crippen molar-refractivity contribution in [3.8, 4) is 0 Å². The zero-order chi connectivity index (χ0) is 14.9. The van der Waals surface area contributed by atoms with E-state index in [1.807, 2.05) is 12.3 Å². The molecule has 2 aliphatic rings. The van der Waals surface area contributed by atoms with Gasteiger partial charge < -0.3 is 5.32 Å². The van der Waals surface area contributed by atoms with Gasteiger partial charge in [-0.3, -0.25) is 9.78 Å². The molecule has 1 aliphatic heterocycles. The second-order valence-corrected chi connectivity index (χ2v) is 7.12. The van der Waals surface area contributed by atoms with E-state index in [1.165, 1.54) is 12.0 Å². The molecule has 1 aliphatic carbocycles. The maximum Gasteiger partial charge on any atom is 0.147 e. The summed E-state index contributed by atoms with van der Waals surface area (Å²) in [5.74, 6) is 0.857. The summed E-state index contributed by atoms with van der Waals surface area (Å²) in [6.45, 7) is 6.35. The van der Waals surface area contributed by atoms with Crippen LogP contribution in [0.2, 0.25) is 0 Å². The van der Waals surface area contributed by atoms with Crippen LogP contribution in [0.4, 0.5) is 0 Å². The number of nitrogens with one attached hydrogen (secondary N) is 1. The number of pyridine rings is 1. The standard InChI is InChI=1S/C18H26N2O/c1-18(2,14-8-5-10-19-12-14)17(21)15-9-3-6-13-7-4-11-20-16(13)15/h4,7,11,14-15,19H,3,5-6,8-10,12H2,1-2H3. The Morgan fingerprint density at radius 1 is 1.33 bits per heavy atom. The number of fused-ring (bicyclic) bond motifs is 1. The van der Waals surface area contributed by atoms with Gasteiger partial charge in [0.05, 0.1) is 11.6 Å². The minimum Gasteiger partial charge on any atom is -0.316 e. The highest BCUT2D eigenvalue weighted by Gasteiger charge is 2.42. The Bertz CT molecular complexity index is 518. The SMILES string of the molecule is CC(C)(C(=O)C1CCCc2cccnc21)C1CCCNC1. The van der Waals surface area contributed by atoms with Gasteiger partial charge in [-0.2, -0.15) is 0 Å². The maximum absolute atomic E-state index is 13.2. The molecule has 0 aromatic carbocycles. The summed E-state index contributed by atoms with van der Waals surface area (Å²) in [5.41, 5.74) is 2.06. The minimum absolute atomic E-state index is 0.00637. The third-order valence-corrected chi connectivity index (χ3v) is 5.46. The fraction of sp³-hybridized carbons (Fsp3) is 0.667. The molecule has 0 spiro atoms. The van der Waals surface area contributed by atoms with Crippen molar-refractivity contribution in [2.24, 2.45) is 11.3 Å². The van der Waals surface area contributed by atoms with Crippen molar-refractivity contribution in [3.63, 3.8) is 0 Å². The number of Topliss-reactive ketones (excluding diaryl/α,β-unsaturated/α-hetero) is 1. The van der Waals surface area contributed by atoms with Crippen LogP contribution in [-0.2, 0) is 11.2 Å². The fourth-order valence-corrected chi connectivity index (χ4v) is 3.98. The molecular weight excluding hydrogens is 260 g/mol. The summed E-state index contributed by atoms with van der Waals surface area (Å²) in [4.78, 5) is 17.8. The quantitative estimate of drug-likeness (QED) is 0.928. The zero-order valence-corrected chi connectivity index (χ0v) is 13.2. The smallest absolute Gasteiger partial charge is 0.147 e. The monoisotopic (exact) mass is 286 g/mol. The predicted molar refractivity (Wildman–Crippen MR) is 84.3 cm³/mol. The number of carbonyl (C=O) groups is 1. The van der Waals surface area contributed by atoms with Crippen molar-refractivity contribution < 1.29 is 4.79 Å². The number of ketones is 1. The molecule has 0 bridgehead atoms. The van der Waals surface area contributed by atoms with Crippen LogP contribution in [0.15, 0.2) is 18.3 Å². The molecule has 0 saturated carbocycles. The van der Waals surface area contributed by atoms with E-state index in [2.05, 4.69) is 30.2 Å². The van der Waals surface area contributed by atoms with E-state index in [-0.39, 0.29) is 11.3 Å². The molecule has 2 atom stereocenters. The third kappa shape index (κ3) is 2.76. The van der Waals surface area contributed by atoms with Crippen molar-refractivity contribution >= 4 is 5.78 Å². The lowest BCUT2D eigenvalue weighted by Crippen LogP contribution is -2.44. The summed E-state index contributed by atoms with van der Waals surface area (Å²) < 4.78 is 0. The Labute approximate surface area is 127 Å². The molecule has 114 valence electrons. The second-order valence-electron chi connectivity index (χ2n) is 7.12. The second kappa shape index (κ2) is 5.88. The molecule has 3 nitrogen and oxygen atoms in total. The lowest BCUT2D eigenvalue weighted by Gasteiger charge is -2.39. The van der Waals surface area contributed by atoms with E-state index in [9.17, 15) is 4.79 Å². The van der Waals surface area contributed by atoms with Crippen LogP contribution in [0.3, 0.4) is 0 Å². The van der Waals surface area contributed by atoms with Gasteiger partial charge in [-0.25, -0.2) is 0 Å². The summed E-state index contributed by atoms with van der Waals surface area (Å²) in [6.07, 6.45) is 7.31. The van der Waals surface area contributed by atoms with Crippen LogP contribution in [0.1, 0.15) is 56.7 Å². The molecule has 3 heteroatoms. The number of hydrogen-bond donors (Lipinski definition) is 1. The van der Waals surface area contributed by atoms with Crippen molar-refractivity contribution in [3.05, 3.63) is 29.6 Å². The van der Waals surface area contributed by atoms with Crippen LogP contribution in [0, 0.1) is 11.3 Å². The third-order valence-electron chi connectivity index (χ3n) is 5.46. The Kier molecular flexibility index (Phi) is 4.12. The van der Waals surface area contributed by atoms with E-state index in [0.29, 0.717) is 11.7 Å². The van der Waals surface area contributed by atoms with E-state index in [1.54, 1.807) is 0 Å². The Hall–Kier alpha value is -1.22. The van der Waals surface area contributed by atoms with Crippen molar-refractivity contribution in [1.29, 1.82) is 0 Å². The van der Waals surface area contributed by atoms with Gasteiger partial charge in [0.15, 0.2) is 0 Å². The lowest BCUT2D eigenvalue weighted by molar-refractivity contribution is -0.132. The number of rotatable bonds is 3. The van der Waals surface area contributed by atoms with Crippen molar-refractivity contribution in [2.45, 2.75) is 51.9 Å². The maximum atomic E-state index is 13.2. The molecule has 1 saturated heterocycles. The summed E-state index contributed by atoms with van der Waals surface area (Å²) in [7, 11) is 0. The Balaban J connectivity index is 1.85. The minimum atomic E-state index is -0.260. The average molecular weight is 286 g/mol. The van der Waals surface area contributed by atoms with Gasteiger partial charge in [0, 0.05) is 11.6 Å². The number of aromatic nitrogens is 1. The van der Waals surface area contributed by atoms with Crippen LogP contribution >= 0.6 is 0 Å². The number of carbonyl (C=O) groups excluding carboxylic acids is 1. The molecule has 1 aromatic heterocycles. The van der Waals surface area contributed by atoms with Gasteiger partial charge >= 0.3 is 0 Å². The molecule has 0 amide bonds. The molecule has 2 heterocycles. The van der Waals surface area contributed by atoms with E-state index in [4.69, 9.17) is 0 Å². The average Bonchev–Trinajstić information content (AvgIpc) is 2.54. The number of piperidine rings is 1. The Morgan fingerprint density at radius 2 is 2.19 bits per heavy atom. The molecular formula is C18H26N2O. The van der Waals surface area contributed by atoms with Crippen LogP contribution in [-0.4, -0.2) is 23.9 Å². The van der Waals surface area contributed by atoms with Crippen LogP contribution in [0.5, 0.6) is 0 Å². The number of hydrogen-bond acceptors (Lipinski definition) is 3. The first-order chi connectivity index (χ1) is 10.1. The lowest BCUT2D eigenvalue weighted by atomic mass is 9.66. The van der Waals surface area contributed by atoms with Gasteiger partial charge in [0.25, 0.3) is 0 Å². The highest BCUT2D eigenvalue weighted by atomic mass is 16.1. The zero-order valence-electron chi connectivity index (χ0n) is 13.2. The molecule has 2 unspecified atom stereocenters. The largest absolute Gasteiger partial charge is 0.316 e. The number of aryl methyl sites for hydroxylation is 1. The first-order valence-electron chi connectivity index (χ1n) is 8.29. The normalized spacial score (nSPS) is 26.2. The summed E-state index contributed by atoms with van der Waals surface area (Å²) in [5, 5.41) is 3.45. The highest BCUT2D eigenvalue weighted by Crippen LogP contribution is 2.41. The van der Waals surface area contributed by atoms with Crippen molar-refractivity contribution in [1.82, 2.24) is 10.3 Å². The van der Waals surface area contributed by atoms with Crippen molar-refractivity contribution in [2.75, 3.05) is 13.1 Å². The van der Waals surface area contributed by atoms with Gasteiger partial charge in [-0.05, 0) is 62.7 Å². The molecule has 1 fully saturated rings. The van der Waals surface area contributed by atoms with Gasteiger partial charge in [-0.15, -0.1) is 0 Å². The Morgan fingerprint density at radius 3 is 2.95 bits per heavy atom. The summed E-state index contributed by atoms with van der Waals surface area (Å²) >= 11 is 0. The molecule has 0 radical (unpaired) electrons. The van der Waals surface area contributed by atoms with Crippen LogP contribution < -0.4 is 5.32 Å². The molecule has 3 rings (SSSR count). The van der Waals surface area contributed by atoms with Crippen LogP contribution in [0.25, 0.3) is 0 Å². The highest BCUT2D eigenvalue weighted by molar-refractivity contribution is 5.90. The first-order valence-corrected chi connectivity index (χ1v) is 8.29. The van der Waals surface area contributed by atoms with E-state index in [0.717, 1.165) is 44.5 Å². The van der Waals surface area contributed by atoms with E-state index < -0.39 is 0 Å². The van der Waals surface area contributed by atoms with Gasteiger partial charge in [-0.1, -0.05) is 19.9 Å². The topological polar surface area (TPSA) is 42.0 Å². The molecule has 21 heavy (non-hydrogen) atoms. The van der Waals surface area contributed by atoms with E-state index >= 15 is 0 Å². The van der Waals surface area contributed by atoms with Gasteiger partial charge in [0.2, 0.25) is 0 Å². The predicted octanol–water partition coefficient (Wildman–Crippen LogP) is 3.10.